The average molecular weight is 853 g/mol. The largest absolute Gasteiger partial charge is 0.488 e. The van der Waals surface area contributed by atoms with Crippen molar-refractivity contribution in [1.29, 1.82) is 0 Å². The predicted molar refractivity (Wildman–Crippen MR) is 254 cm³/mol. The summed E-state index contributed by atoms with van der Waals surface area (Å²) in [4.78, 5) is 26.5. The lowest BCUT2D eigenvalue weighted by atomic mass is 9.77. The quantitative estimate of drug-likeness (QED) is 0.0860. The fourth-order valence-corrected chi connectivity index (χ4v) is 7.10. The first-order valence-electron chi connectivity index (χ1n) is 21.5. The Kier molecular flexibility index (Phi) is 12.7. The van der Waals surface area contributed by atoms with Gasteiger partial charge in [0.2, 0.25) is 5.79 Å². The van der Waals surface area contributed by atoms with Gasteiger partial charge in [0, 0.05) is 29.2 Å². The monoisotopic (exact) mass is 852 g/mol. The Labute approximate surface area is 377 Å². The highest BCUT2D eigenvalue weighted by Gasteiger charge is 2.43. The maximum absolute atomic E-state index is 13.4. The molecule has 0 aromatic heterocycles. The first-order chi connectivity index (χ1) is 30.2. The first kappa shape index (κ1) is 45.1. The molecule has 0 spiro atoms. The Balaban J connectivity index is 0.923. The van der Waals surface area contributed by atoms with Gasteiger partial charge in [0.25, 0.3) is 0 Å². The van der Waals surface area contributed by atoms with Crippen LogP contribution in [0, 0.1) is 0 Å². The van der Waals surface area contributed by atoms with Gasteiger partial charge >= 0.3 is 0 Å². The minimum Gasteiger partial charge on any atom is -0.488 e. The van der Waals surface area contributed by atoms with E-state index in [-0.39, 0.29) is 22.6 Å². The van der Waals surface area contributed by atoms with E-state index in [9.17, 15) is 14.7 Å². The summed E-state index contributed by atoms with van der Waals surface area (Å²) in [5.41, 5.74) is 5.23. The molecule has 0 amide bonds. The van der Waals surface area contributed by atoms with Crippen molar-refractivity contribution in [3.63, 3.8) is 0 Å². The van der Waals surface area contributed by atoms with Crippen LogP contribution in [-0.4, -0.2) is 28.1 Å². The standard InChI is InChI=1S/C57H56O7/c1-54(2,3)44-24-36-49(37-25-44)62-48-30-16-41(17-31-48)53(59)43-20-34-51(35-21-43)64-57(9,60)56(7,8)45-22-10-38(11-23-45)39-12-26-46(27-13-39)61-47-28-14-40(15-29-47)52(58)42-18-32-50(33-19-42)63-55(4,5)6/h10-37,60H,1-9H3. The maximum Gasteiger partial charge on any atom is 0.214 e. The molecule has 64 heavy (non-hydrogen) atoms. The molecular weight excluding hydrogens is 797 g/mol. The number of ketones is 2. The van der Waals surface area contributed by atoms with Crippen molar-refractivity contribution in [3.8, 4) is 45.6 Å². The van der Waals surface area contributed by atoms with Crippen LogP contribution in [0.3, 0.4) is 0 Å². The molecule has 7 aromatic rings. The molecule has 1 atom stereocenters. The molecule has 0 radical (unpaired) electrons. The van der Waals surface area contributed by atoms with E-state index in [4.69, 9.17) is 18.9 Å². The Morgan fingerprint density at radius 3 is 0.984 bits per heavy atom. The fourth-order valence-electron chi connectivity index (χ4n) is 7.10. The van der Waals surface area contributed by atoms with Gasteiger partial charge < -0.3 is 24.1 Å². The van der Waals surface area contributed by atoms with Crippen molar-refractivity contribution >= 4 is 11.6 Å². The van der Waals surface area contributed by atoms with Crippen molar-refractivity contribution in [2.24, 2.45) is 0 Å². The van der Waals surface area contributed by atoms with Crippen LogP contribution in [0.2, 0.25) is 0 Å². The molecule has 0 bridgehead atoms. The highest BCUT2D eigenvalue weighted by Crippen LogP contribution is 2.38. The Bertz CT molecular complexity index is 2680. The summed E-state index contributed by atoms with van der Waals surface area (Å²) in [5.74, 6) is 2.01. The van der Waals surface area contributed by atoms with Crippen molar-refractivity contribution in [2.75, 3.05) is 0 Å². The third-order valence-electron chi connectivity index (χ3n) is 11.4. The van der Waals surface area contributed by atoms with Gasteiger partial charge in [0.1, 0.15) is 40.1 Å². The summed E-state index contributed by atoms with van der Waals surface area (Å²) in [5, 5.41) is 11.7. The molecule has 7 nitrogen and oxygen atoms in total. The van der Waals surface area contributed by atoms with E-state index in [1.807, 2.05) is 107 Å². The van der Waals surface area contributed by atoms with Gasteiger partial charge in [-0.2, -0.15) is 0 Å². The zero-order chi connectivity index (χ0) is 45.9. The fraction of sp³-hybridized carbons (Fsp3) is 0.228. The second kappa shape index (κ2) is 18.0. The second-order valence-corrected chi connectivity index (χ2v) is 18.8. The zero-order valence-electron chi connectivity index (χ0n) is 38.1. The Hall–Kier alpha value is -6.96. The molecule has 326 valence electrons. The van der Waals surface area contributed by atoms with Gasteiger partial charge in [-0.15, -0.1) is 0 Å². The number of ether oxygens (including phenoxy) is 4. The van der Waals surface area contributed by atoms with Gasteiger partial charge in [0.15, 0.2) is 11.6 Å². The molecule has 7 rings (SSSR count). The van der Waals surface area contributed by atoms with Crippen LogP contribution in [0.15, 0.2) is 170 Å². The summed E-state index contributed by atoms with van der Waals surface area (Å²) < 4.78 is 24.2. The van der Waals surface area contributed by atoms with Crippen LogP contribution >= 0.6 is 0 Å². The molecule has 0 heterocycles. The predicted octanol–water partition coefficient (Wildman–Crippen LogP) is 13.9. The Morgan fingerprint density at radius 2 is 0.641 bits per heavy atom. The number of benzene rings is 7. The van der Waals surface area contributed by atoms with Gasteiger partial charge in [0.05, 0.1) is 5.41 Å². The van der Waals surface area contributed by atoms with Crippen LogP contribution in [0.1, 0.15) is 105 Å². The molecule has 0 aliphatic carbocycles. The molecule has 7 aromatic carbocycles. The van der Waals surface area contributed by atoms with Gasteiger partial charge in [-0.05, 0) is 184 Å². The molecule has 1 N–H and O–H groups in total. The number of carbonyl (C=O) groups excluding carboxylic acids is 2. The second-order valence-electron chi connectivity index (χ2n) is 18.8. The highest BCUT2D eigenvalue weighted by atomic mass is 16.6. The topological polar surface area (TPSA) is 91.3 Å². The van der Waals surface area contributed by atoms with E-state index in [0.717, 1.165) is 28.2 Å². The highest BCUT2D eigenvalue weighted by molar-refractivity contribution is 6.09. The molecule has 7 heteroatoms. The number of carbonyl (C=O) groups is 2. The lowest BCUT2D eigenvalue weighted by Crippen LogP contribution is -2.50. The van der Waals surface area contributed by atoms with Gasteiger partial charge in [-0.25, -0.2) is 0 Å². The van der Waals surface area contributed by atoms with Crippen LogP contribution in [-0.2, 0) is 10.8 Å². The number of rotatable bonds is 14. The van der Waals surface area contributed by atoms with E-state index in [0.29, 0.717) is 45.3 Å². The van der Waals surface area contributed by atoms with Gasteiger partial charge in [-0.1, -0.05) is 69.3 Å². The summed E-state index contributed by atoms with van der Waals surface area (Å²) in [6, 6.07) is 52.1. The zero-order valence-corrected chi connectivity index (χ0v) is 38.1. The molecule has 0 fully saturated rings. The molecule has 1 unspecified atom stereocenters. The molecule has 0 saturated heterocycles. The van der Waals surface area contributed by atoms with E-state index in [2.05, 4.69) is 32.9 Å². The SMILES string of the molecule is CC(C)(C)Oc1ccc(C(=O)c2ccc(Oc3ccc(-c4ccc(C(C)(C)C(C)(O)Oc5ccc(C(=O)c6ccc(Oc7ccc(C(C)(C)C)cc7)cc6)cc5)cc4)cc3)cc2)cc1. The average Bonchev–Trinajstić information content (AvgIpc) is 3.26. The van der Waals surface area contributed by atoms with E-state index >= 15 is 0 Å². The van der Waals surface area contributed by atoms with Crippen molar-refractivity contribution in [2.45, 2.75) is 84.5 Å². The summed E-state index contributed by atoms with van der Waals surface area (Å²) in [7, 11) is 0. The van der Waals surface area contributed by atoms with E-state index in [1.165, 1.54) is 5.56 Å². The van der Waals surface area contributed by atoms with Gasteiger partial charge in [-0.3, -0.25) is 9.59 Å². The molecule has 0 aliphatic rings. The van der Waals surface area contributed by atoms with Crippen molar-refractivity contribution in [3.05, 3.63) is 203 Å². The number of aliphatic hydroxyl groups is 1. The minimum absolute atomic E-state index is 0.0594. The van der Waals surface area contributed by atoms with Crippen LogP contribution in [0.25, 0.3) is 11.1 Å². The smallest absolute Gasteiger partial charge is 0.214 e. The third kappa shape index (κ3) is 10.8. The maximum atomic E-state index is 13.4. The lowest BCUT2D eigenvalue weighted by molar-refractivity contribution is -0.169. The van der Waals surface area contributed by atoms with Crippen LogP contribution < -0.4 is 18.9 Å². The molecule has 0 aliphatic heterocycles. The summed E-state index contributed by atoms with van der Waals surface area (Å²) in [6.45, 7) is 18.0. The third-order valence-corrected chi connectivity index (χ3v) is 11.4. The van der Waals surface area contributed by atoms with Crippen LogP contribution in [0.5, 0.6) is 34.5 Å². The number of hydrogen-bond acceptors (Lipinski definition) is 7. The molecular formula is C57H56O7. The summed E-state index contributed by atoms with van der Waals surface area (Å²) >= 11 is 0. The van der Waals surface area contributed by atoms with E-state index < -0.39 is 11.2 Å². The first-order valence-corrected chi connectivity index (χ1v) is 21.5. The normalized spacial score (nSPS) is 12.8. The molecule has 0 saturated carbocycles. The van der Waals surface area contributed by atoms with Crippen LogP contribution in [0.4, 0.5) is 0 Å². The Morgan fingerprint density at radius 1 is 0.359 bits per heavy atom. The van der Waals surface area contributed by atoms with Crippen molar-refractivity contribution < 1.29 is 33.6 Å². The van der Waals surface area contributed by atoms with E-state index in [1.54, 1.807) is 91.9 Å². The lowest BCUT2D eigenvalue weighted by Gasteiger charge is -2.40. The number of hydrogen-bond donors (Lipinski definition) is 1. The summed E-state index contributed by atoms with van der Waals surface area (Å²) in [6.07, 6.45) is 0. The van der Waals surface area contributed by atoms with Crippen molar-refractivity contribution in [1.82, 2.24) is 0 Å². The minimum atomic E-state index is -1.60.